The van der Waals surface area contributed by atoms with E-state index in [1.807, 2.05) is 19.3 Å². The molecule has 5 heteroatoms. The van der Waals surface area contributed by atoms with Gasteiger partial charge >= 0.3 is 0 Å². The minimum atomic E-state index is -0.185. The van der Waals surface area contributed by atoms with E-state index in [-0.39, 0.29) is 5.82 Å². The van der Waals surface area contributed by atoms with Gasteiger partial charge in [0.2, 0.25) is 0 Å². The van der Waals surface area contributed by atoms with Crippen LogP contribution in [0.15, 0.2) is 35.4 Å². The summed E-state index contributed by atoms with van der Waals surface area (Å²) in [5.74, 6) is 1.19. The number of thioether (sulfide) groups is 1. The highest BCUT2D eigenvalue weighted by Crippen LogP contribution is 2.29. The number of rotatable bonds is 4. The van der Waals surface area contributed by atoms with Gasteiger partial charge in [0.25, 0.3) is 0 Å². The first kappa shape index (κ1) is 14.5. The molecule has 0 saturated heterocycles. The van der Waals surface area contributed by atoms with Crippen LogP contribution in [0.1, 0.15) is 36.0 Å². The molecule has 1 heterocycles. The van der Waals surface area contributed by atoms with Crippen LogP contribution >= 0.6 is 11.8 Å². The predicted octanol–water partition coefficient (Wildman–Crippen LogP) is 3.50. The van der Waals surface area contributed by atoms with Crippen molar-refractivity contribution in [2.75, 3.05) is 7.05 Å². The zero-order valence-corrected chi connectivity index (χ0v) is 12.8. The maximum atomic E-state index is 13.6. The van der Waals surface area contributed by atoms with E-state index < -0.39 is 0 Å². The van der Waals surface area contributed by atoms with Gasteiger partial charge in [-0.3, -0.25) is 0 Å². The highest BCUT2D eigenvalue weighted by atomic mass is 32.2. The van der Waals surface area contributed by atoms with Crippen LogP contribution in [0.25, 0.3) is 0 Å². The fourth-order valence-corrected chi connectivity index (χ4v) is 3.47. The van der Waals surface area contributed by atoms with Gasteiger partial charge in [0.1, 0.15) is 11.6 Å². The van der Waals surface area contributed by atoms with Gasteiger partial charge in [-0.25, -0.2) is 14.4 Å². The van der Waals surface area contributed by atoms with E-state index in [0.29, 0.717) is 16.7 Å². The molecular weight excluding hydrogens is 285 g/mol. The average molecular weight is 303 g/mol. The third-order valence-electron chi connectivity index (χ3n) is 3.77. The maximum absolute atomic E-state index is 13.6. The first-order valence-corrected chi connectivity index (χ1v) is 8.16. The molecule has 1 unspecified atom stereocenters. The smallest absolute Gasteiger partial charge is 0.138 e. The van der Waals surface area contributed by atoms with Gasteiger partial charge in [-0.2, -0.15) is 0 Å². The van der Waals surface area contributed by atoms with Gasteiger partial charge in [-0.15, -0.1) is 11.8 Å². The number of nitrogens with zero attached hydrogens (tertiary/aromatic N) is 2. The number of aromatic nitrogens is 2. The first-order valence-electron chi connectivity index (χ1n) is 7.17. The van der Waals surface area contributed by atoms with Crippen molar-refractivity contribution in [2.24, 2.45) is 0 Å². The third-order valence-corrected chi connectivity index (χ3v) is 4.82. The Bertz CT molecular complexity index is 633. The second-order valence-corrected chi connectivity index (χ2v) is 6.16. The molecule has 0 saturated carbocycles. The molecule has 1 aromatic carbocycles. The summed E-state index contributed by atoms with van der Waals surface area (Å²) in [6.07, 6.45) is 5.22. The Morgan fingerprint density at radius 1 is 1.38 bits per heavy atom. The third kappa shape index (κ3) is 3.24. The monoisotopic (exact) mass is 303 g/mol. The predicted molar refractivity (Wildman–Crippen MR) is 82.7 cm³/mol. The molecule has 0 amide bonds. The van der Waals surface area contributed by atoms with E-state index in [1.54, 1.807) is 12.1 Å². The lowest BCUT2D eigenvalue weighted by molar-refractivity contribution is 0.486. The second kappa shape index (κ2) is 6.54. The van der Waals surface area contributed by atoms with Crippen LogP contribution in [0, 0.1) is 5.82 Å². The Morgan fingerprint density at radius 2 is 2.24 bits per heavy atom. The zero-order valence-electron chi connectivity index (χ0n) is 12.0. The number of nitrogens with one attached hydrogen (secondary N) is 1. The molecule has 21 heavy (non-hydrogen) atoms. The quantitative estimate of drug-likeness (QED) is 0.877. The number of benzene rings is 1. The molecule has 3 rings (SSSR count). The molecule has 1 aliphatic carbocycles. The van der Waals surface area contributed by atoms with E-state index in [0.717, 1.165) is 30.8 Å². The van der Waals surface area contributed by atoms with Crippen LogP contribution in [-0.4, -0.2) is 17.0 Å². The molecular formula is C16H18FN3S. The van der Waals surface area contributed by atoms with Crippen LogP contribution in [-0.2, 0) is 12.2 Å². The van der Waals surface area contributed by atoms with Crippen molar-refractivity contribution in [1.29, 1.82) is 0 Å². The summed E-state index contributed by atoms with van der Waals surface area (Å²) in [4.78, 5) is 9.75. The van der Waals surface area contributed by atoms with Crippen LogP contribution in [0.4, 0.5) is 4.39 Å². The molecule has 1 aliphatic rings. The molecule has 0 aliphatic heterocycles. The first-order chi connectivity index (χ1) is 10.3. The van der Waals surface area contributed by atoms with Crippen molar-refractivity contribution >= 4 is 11.8 Å². The Morgan fingerprint density at radius 3 is 3.05 bits per heavy atom. The standard InChI is InChI=1S/C16H18FN3S/c1-18-13-6-4-7-14-11(13)9-19-16(20-14)10-21-15-8-3-2-5-12(15)17/h2-3,5,8-9,13,18H,4,6-7,10H2,1H3. The summed E-state index contributed by atoms with van der Waals surface area (Å²) < 4.78 is 13.6. The highest BCUT2D eigenvalue weighted by molar-refractivity contribution is 7.98. The van der Waals surface area contributed by atoms with E-state index in [4.69, 9.17) is 0 Å². The van der Waals surface area contributed by atoms with Crippen LogP contribution in [0.3, 0.4) is 0 Å². The molecule has 3 nitrogen and oxygen atoms in total. The Labute approximate surface area is 128 Å². The molecule has 110 valence electrons. The van der Waals surface area contributed by atoms with Crippen LogP contribution < -0.4 is 5.32 Å². The van der Waals surface area contributed by atoms with Crippen LogP contribution in [0.5, 0.6) is 0 Å². The Balaban J connectivity index is 1.74. The number of hydrogen-bond donors (Lipinski definition) is 1. The van der Waals surface area contributed by atoms with Gasteiger partial charge in [0.05, 0.1) is 5.75 Å². The van der Waals surface area contributed by atoms with Crippen molar-refractivity contribution in [1.82, 2.24) is 15.3 Å². The molecule has 0 bridgehead atoms. The van der Waals surface area contributed by atoms with E-state index in [2.05, 4.69) is 15.3 Å². The number of hydrogen-bond acceptors (Lipinski definition) is 4. The fourth-order valence-electron chi connectivity index (χ4n) is 2.66. The highest BCUT2D eigenvalue weighted by Gasteiger charge is 2.20. The lowest BCUT2D eigenvalue weighted by Gasteiger charge is -2.24. The summed E-state index contributed by atoms with van der Waals surface area (Å²) in [5.41, 5.74) is 2.35. The molecule has 0 spiro atoms. The van der Waals surface area contributed by atoms with Crippen molar-refractivity contribution in [2.45, 2.75) is 36.0 Å². The van der Waals surface area contributed by atoms with Gasteiger partial charge in [-0.1, -0.05) is 12.1 Å². The molecule has 1 N–H and O–H groups in total. The lowest BCUT2D eigenvalue weighted by Crippen LogP contribution is -2.23. The van der Waals surface area contributed by atoms with Gasteiger partial charge < -0.3 is 5.32 Å². The fraction of sp³-hybridized carbons (Fsp3) is 0.375. The Hall–Kier alpha value is -1.46. The van der Waals surface area contributed by atoms with Crippen molar-refractivity contribution < 1.29 is 4.39 Å². The molecule has 2 aromatic rings. The van der Waals surface area contributed by atoms with Crippen molar-refractivity contribution in [3.05, 3.63) is 53.4 Å². The largest absolute Gasteiger partial charge is 0.313 e. The summed E-state index contributed by atoms with van der Waals surface area (Å²) in [7, 11) is 1.97. The molecule has 0 fully saturated rings. The SMILES string of the molecule is CNC1CCCc2nc(CSc3ccccc3F)ncc21. The van der Waals surface area contributed by atoms with E-state index in [9.17, 15) is 4.39 Å². The second-order valence-electron chi connectivity index (χ2n) is 5.14. The minimum absolute atomic E-state index is 0.185. The van der Waals surface area contributed by atoms with Gasteiger partial charge in [0, 0.05) is 28.4 Å². The van der Waals surface area contributed by atoms with Crippen molar-refractivity contribution in [3.8, 4) is 0 Å². The lowest BCUT2D eigenvalue weighted by atomic mass is 9.92. The summed E-state index contributed by atoms with van der Waals surface area (Å²) in [6, 6.07) is 7.17. The van der Waals surface area contributed by atoms with E-state index >= 15 is 0 Å². The van der Waals surface area contributed by atoms with E-state index in [1.165, 1.54) is 23.4 Å². The van der Waals surface area contributed by atoms with Crippen molar-refractivity contribution in [3.63, 3.8) is 0 Å². The molecule has 1 atom stereocenters. The zero-order chi connectivity index (χ0) is 14.7. The van der Waals surface area contributed by atoms with Gasteiger partial charge in [0.15, 0.2) is 0 Å². The average Bonchev–Trinajstić information content (AvgIpc) is 2.53. The topological polar surface area (TPSA) is 37.8 Å². The number of aryl methyl sites for hydroxylation is 1. The van der Waals surface area contributed by atoms with Gasteiger partial charge in [-0.05, 0) is 38.4 Å². The van der Waals surface area contributed by atoms with Crippen LogP contribution in [0.2, 0.25) is 0 Å². The Kier molecular flexibility index (Phi) is 4.51. The minimum Gasteiger partial charge on any atom is -0.313 e. The summed E-state index contributed by atoms with van der Waals surface area (Å²) in [6.45, 7) is 0. The number of halogens is 1. The normalized spacial score (nSPS) is 17.5. The number of fused-ring (bicyclic) bond motifs is 1. The molecule has 1 aromatic heterocycles. The maximum Gasteiger partial charge on any atom is 0.138 e. The summed E-state index contributed by atoms with van der Waals surface area (Å²) in [5, 5.41) is 3.31. The molecule has 0 radical (unpaired) electrons. The summed E-state index contributed by atoms with van der Waals surface area (Å²) >= 11 is 1.44.